The van der Waals surface area contributed by atoms with Crippen LogP contribution in [0.15, 0.2) is 70.9 Å². The Bertz CT molecular complexity index is 716. The second kappa shape index (κ2) is 9.12. The number of hydrogen-bond acceptors (Lipinski definition) is 4. The van der Waals surface area contributed by atoms with Gasteiger partial charge in [-0.05, 0) is 25.0 Å². The van der Waals surface area contributed by atoms with E-state index in [1.54, 1.807) is 13.8 Å². The maximum absolute atomic E-state index is 11.8. The Hall–Kier alpha value is -3.28. The van der Waals surface area contributed by atoms with Crippen molar-refractivity contribution in [3.8, 4) is 0 Å². The van der Waals surface area contributed by atoms with Crippen molar-refractivity contribution in [3.05, 3.63) is 71.8 Å². The number of hydrogen-bond donors (Lipinski definition) is 2. The van der Waals surface area contributed by atoms with Crippen molar-refractivity contribution in [2.75, 3.05) is 0 Å². The summed E-state index contributed by atoms with van der Waals surface area (Å²) in [5.74, 6) is -0.999. The average molecular weight is 336 g/mol. The molecule has 0 aliphatic heterocycles. The van der Waals surface area contributed by atoms with Crippen LogP contribution in [0.4, 0.5) is 0 Å². The molecule has 2 aromatic carbocycles. The first-order chi connectivity index (χ1) is 12.1. The number of benzene rings is 2. The second-order valence-electron chi connectivity index (χ2n) is 5.37. The first kappa shape index (κ1) is 18.1. The normalized spacial score (nSPS) is 11.8. The van der Waals surface area contributed by atoms with Crippen molar-refractivity contribution in [1.29, 1.82) is 0 Å². The van der Waals surface area contributed by atoms with E-state index in [1.165, 1.54) is 0 Å². The molecule has 0 radical (unpaired) electrons. The van der Waals surface area contributed by atoms with Gasteiger partial charge in [0.2, 0.25) is 11.8 Å². The molecule has 0 saturated carbocycles. The van der Waals surface area contributed by atoms with Crippen LogP contribution in [0.2, 0.25) is 0 Å². The standard InChI is InChI=1S/C19H20N4O2/c1-14(16-9-5-3-6-10-16)20-22-18(24)13-19(25)23-21-15(2)17-11-7-4-8-12-17/h3-12H,13H2,1-2H3,(H,22,24)(H,23,25)/b20-14+,21-15+. The number of nitrogens with one attached hydrogen (secondary N) is 2. The fourth-order valence-electron chi connectivity index (χ4n) is 2.01. The van der Waals surface area contributed by atoms with E-state index in [0.29, 0.717) is 11.4 Å². The van der Waals surface area contributed by atoms with Gasteiger partial charge in [0.1, 0.15) is 6.42 Å². The monoisotopic (exact) mass is 336 g/mol. The molecule has 0 spiro atoms. The molecule has 0 saturated heterocycles. The molecule has 0 atom stereocenters. The number of amides is 2. The van der Waals surface area contributed by atoms with Crippen molar-refractivity contribution < 1.29 is 9.59 Å². The first-order valence-corrected chi connectivity index (χ1v) is 7.83. The van der Waals surface area contributed by atoms with Crippen LogP contribution in [0.25, 0.3) is 0 Å². The van der Waals surface area contributed by atoms with Crippen LogP contribution in [-0.4, -0.2) is 23.2 Å². The van der Waals surface area contributed by atoms with E-state index in [0.717, 1.165) is 11.1 Å². The molecule has 2 rings (SSSR count). The highest BCUT2D eigenvalue weighted by molar-refractivity contribution is 6.02. The third-order valence-corrected chi connectivity index (χ3v) is 3.40. The molecule has 0 bridgehead atoms. The van der Waals surface area contributed by atoms with Crippen molar-refractivity contribution in [3.63, 3.8) is 0 Å². The number of hydrazone groups is 2. The fraction of sp³-hybridized carbons (Fsp3) is 0.158. The van der Waals surface area contributed by atoms with Gasteiger partial charge in [0.05, 0.1) is 11.4 Å². The lowest BCUT2D eigenvalue weighted by Gasteiger charge is -2.04. The predicted octanol–water partition coefficient (Wildman–Crippen LogP) is 2.46. The summed E-state index contributed by atoms with van der Waals surface area (Å²) in [5, 5.41) is 7.98. The molecule has 6 heteroatoms. The first-order valence-electron chi connectivity index (χ1n) is 7.83. The Morgan fingerprint density at radius 2 is 1.08 bits per heavy atom. The minimum Gasteiger partial charge on any atom is -0.273 e. The van der Waals surface area contributed by atoms with Gasteiger partial charge in [0, 0.05) is 0 Å². The third-order valence-electron chi connectivity index (χ3n) is 3.40. The molecule has 0 unspecified atom stereocenters. The van der Waals surface area contributed by atoms with Crippen LogP contribution in [-0.2, 0) is 9.59 Å². The SMILES string of the molecule is C/C(=N\NC(=O)CC(=O)N/N=C(\C)c1ccccc1)c1ccccc1. The molecule has 2 amide bonds. The van der Waals surface area contributed by atoms with Crippen LogP contribution >= 0.6 is 0 Å². The quantitative estimate of drug-likeness (QED) is 0.482. The largest absolute Gasteiger partial charge is 0.273 e. The topological polar surface area (TPSA) is 82.9 Å². The van der Waals surface area contributed by atoms with E-state index < -0.39 is 11.8 Å². The summed E-state index contributed by atoms with van der Waals surface area (Å²) in [6.07, 6.45) is -0.350. The summed E-state index contributed by atoms with van der Waals surface area (Å²) < 4.78 is 0. The van der Waals surface area contributed by atoms with Gasteiger partial charge in [-0.25, -0.2) is 10.9 Å². The zero-order chi connectivity index (χ0) is 18.1. The average Bonchev–Trinajstić information content (AvgIpc) is 2.65. The van der Waals surface area contributed by atoms with E-state index in [9.17, 15) is 9.59 Å². The van der Waals surface area contributed by atoms with E-state index in [1.807, 2.05) is 60.7 Å². The van der Waals surface area contributed by atoms with Gasteiger partial charge in [-0.3, -0.25) is 9.59 Å². The third kappa shape index (κ3) is 6.02. The van der Waals surface area contributed by atoms with Crippen molar-refractivity contribution in [1.82, 2.24) is 10.9 Å². The molecular formula is C19H20N4O2. The molecular weight excluding hydrogens is 316 g/mol. The molecule has 25 heavy (non-hydrogen) atoms. The van der Waals surface area contributed by atoms with Gasteiger partial charge in [-0.15, -0.1) is 0 Å². The Kier molecular flexibility index (Phi) is 6.59. The van der Waals surface area contributed by atoms with Gasteiger partial charge in [-0.1, -0.05) is 60.7 Å². The number of carbonyl (C=O) groups is 2. The van der Waals surface area contributed by atoms with E-state index >= 15 is 0 Å². The Balaban J connectivity index is 1.83. The van der Waals surface area contributed by atoms with E-state index in [-0.39, 0.29) is 6.42 Å². The summed E-state index contributed by atoms with van der Waals surface area (Å²) in [6.45, 7) is 3.56. The van der Waals surface area contributed by atoms with Crippen LogP contribution in [0, 0.1) is 0 Å². The summed E-state index contributed by atoms with van der Waals surface area (Å²) >= 11 is 0. The van der Waals surface area contributed by atoms with Crippen molar-refractivity contribution in [2.24, 2.45) is 10.2 Å². The smallest absolute Gasteiger partial charge is 0.249 e. The summed E-state index contributed by atoms with van der Waals surface area (Å²) in [4.78, 5) is 23.6. The van der Waals surface area contributed by atoms with Crippen molar-refractivity contribution >= 4 is 23.2 Å². The van der Waals surface area contributed by atoms with Gasteiger partial charge >= 0.3 is 0 Å². The van der Waals surface area contributed by atoms with Crippen LogP contribution in [0.1, 0.15) is 31.4 Å². The Morgan fingerprint density at radius 1 is 0.720 bits per heavy atom. The van der Waals surface area contributed by atoms with Crippen LogP contribution < -0.4 is 10.9 Å². The number of carbonyl (C=O) groups excluding carboxylic acids is 2. The lowest BCUT2D eigenvalue weighted by Crippen LogP contribution is -2.28. The highest BCUT2D eigenvalue weighted by Crippen LogP contribution is 2.01. The number of rotatable bonds is 6. The van der Waals surface area contributed by atoms with E-state index in [2.05, 4.69) is 21.1 Å². The van der Waals surface area contributed by atoms with Crippen LogP contribution in [0.5, 0.6) is 0 Å². The lowest BCUT2D eigenvalue weighted by molar-refractivity contribution is -0.129. The highest BCUT2D eigenvalue weighted by atomic mass is 16.2. The summed E-state index contributed by atoms with van der Waals surface area (Å²) in [5.41, 5.74) is 7.86. The van der Waals surface area contributed by atoms with Gasteiger partial charge in [0.25, 0.3) is 0 Å². The van der Waals surface area contributed by atoms with Gasteiger partial charge in [0.15, 0.2) is 0 Å². The lowest BCUT2D eigenvalue weighted by atomic mass is 10.1. The molecule has 2 aromatic rings. The molecule has 2 N–H and O–H groups in total. The zero-order valence-electron chi connectivity index (χ0n) is 14.2. The summed E-state index contributed by atoms with van der Waals surface area (Å²) in [7, 11) is 0. The number of nitrogens with zero attached hydrogens (tertiary/aromatic N) is 2. The molecule has 0 aliphatic carbocycles. The van der Waals surface area contributed by atoms with Gasteiger partial charge in [-0.2, -0.15) is 10.2 Å². The second-order valence-corrected chi connectivity index (χ2v) is 5.37. The van der Waals surface area contributed by atoms with E-state index in [4.69, 9.17) is 0 Å². The summed E-state index contributed by atoms with van der Waals surface area (Å²) in [6, 6.07) is 18.9. The molecule has 0 aliphatic rings. The Labute approximate surface area is 146 Å². The molecule has 0 fully saturated rings. The van der Waals surface area contributed by atoms with Crippen molar-refractivity contribution in [2.45, 2.75) is 20.3 Å². The zero-order valence-corrected chi connectivity index (χ0v) is 14.2. The maximum Gasteiger partial charge on any atom is 0.249 e. The molecule has 0 aromatic heterocycles. The molecule has 0 heterocycles. The minimum atomic E-state index is -0.500. The predicted molar refractivity (Wildman–Crippen MR) is 98.2 cm³/mol. The van der Waals surface area contributed by atoms with Gasteiger partial charge < -0.3 is 0 Å². The highest BCUT2D eigenvalue weighted by Gasteiger charge is 2.08. The van der Waals surface area contributed by atoms with Crippen LogP contribution in [0.3, 0.4) is 0 Å². The fourth-order valence-corrected chi connectivity index (χ4v) is 2.01. The Morgan fingerprint density at radius 3 is 1.44 bits per heavy atom. The minimum absolute atomic E-state index is 0.350. The maximum atomic E-state index is 11.8. The molecule has 6 nitrogen and oxygen atoms in total. The molecule has 128 valence electrons.